The van der Waals surface area contributed by atoms with Gasteiger partial charge in [-0.3, -0.25) is 0 Å². The van der Waals surface area contributed by atoms with Crippen LogP contribution < -0.4 is 0 Å². The van der Waals surface area contributed by atoms with E-state index in [1.54, 1.807) is 0 Å². The Morgan fingerprint density at radius 1 is 1.19 bits per heavy atom. The second-order valence-electron chi connectivity index (χ2n) is 7.25. The predicted octanol–water partition coefficient (Wildman–Crippen LogP) is 4.73. The van der Waals surface area contributed by atoms with E-state index in [9.17, 15) is 5.11 Å². The molecule has 0 bridgehead atoms. The molecule has 0 saturated carbocycles. The molecule has 1 aromatic rings. The summed E-state index contributed by atoms with van der Waals surface area (Å²) in [5.74, 6) is -0.106. The van der Waals surface area contributed by atoms with Crippen molar-refractivity contribution in [2.75, 3.05) is 0 Å². The third-order valence-corrected chi connectivity index (χ3v) is 9.15. The molecule has 0 amide bonds. The van der Waals surface area contributed by atoms with E-state index in [-0.39, 0.29) is 17.1 Å². The van der Waals surface area contributed by atoms with Gasteiger partial charge in [0.25, 0.3) is 0 Å². The molecular weight excluding hydrogens is 276 g/mol. The average Bonchev–Trinajstić information content (AvgIpc) is 2.38. The van der Waals surface area contributed by atoms with Gasteiger partial charge in [-0.2, -0.15) is 0 Å². The van der Waals surface area contributed by atoms with Crippen molar-refractivity contribution in [2.45, 2.75) is 64.0 Å². The number of rotatable bonds is 6. The van der Waals surface area contributed by atoms with Crippen molar-refractivity contribution in [3.8, 4) is 0 Å². The van der Waals surface area contributed by atoms with Crippen LogP contribution in [0.15, 0.2) is 43.0 Å². The molecule has 0 aliphatic rings. The van der Waals surface area contributed by atoms with Crippen LogP contribution in [0.5, 0.6) is 0 Å². The van der Waals surface area contributed by atoms with E-state index in [2.05, 4.69) is 40.4 Å². The third kappa shape index (κ3) is 4.53. The van der Waals surface area contributed by atoms with Crippen molar-refractivity contribution >= 4 is 8.32 Å². The first-order chi connectivity index (χ1) is 9.60. The Hall–Kier alpha value is -0.903. The minimum atomic E-state index is -1.88. The molecule has 2 nitrogen and oxygen atoms in total. The highest BCUT2D eigenvalue weighted by Gasteiger charge is 2.40. The Kier molecular flexibility index (Phi) is 5.97. The zero-order chi connectivity index (χ0) is 16.3. The first-order valence-corrected chi connectivity index (χ1v) is 10.5. The number of hydrogen-bond acceptors (Lipinski definition) is 2. The van der Waals surface area contributed by atoms with Crippen molar-refractivity contribution < 1.29 is 9.53 Å². The summed E-state index contributed by atoms with van der Waals surface area (Å²) in [5.41, 5.74) is 1.07. The van der Waals surface area contributed by atoms with Gasteiger partial charge in [-0.25, -0.2) is 0 Å². The molecule has 0 aromatic heterocycles. The molecule has 0 aliphatic carbocycles. The number of aliphatic hydroxyl groups is 1. The largest absolute Gasteiger partial charge is 0.412 e. The summed E-state index contributed by atoms with van der Waals surface area (Å²) in [7, 11) is -1.88. The molecule has 0 saturated heterocycles. The van der Waals surface area contributed by atoms with Gasteiger partial charge in [0.05, 0.1) is 12.2 Å². The summed E-state index contributed by atoms with van der Waals surface area (Å²) in [6.45, 7) is 16.9. The SMILES string of the molecule is C=C[C@@H](c1ccccc1)[C@@H](O)[C@@H](C)O[Si](C)(C)C(C)(C)C. The molecule has 1 rings (SSSR count). The number of aliphatic hydroxyl groups excluding tert-OH is 1. The monoisotopic (exact) mass is 306 g/mol. The van der Waals surface area contributed by atoms with Crippen LogP contribution in [0.2, 0.25) is 18.1 Å². The van der Waals surface area contributed by atoms with E-state index in [1.807, 2.05) is 43.3 Å². The molecule has 0 spiro atoms. The van der Waals surface area contributed by atoms with Crippen LogP contribution in [0.1, 0.15) is 39.2 Å². The van der Waals surface area contributed by atoms with E-state index in [1.165, 1.54) is 0 Å². The van der Waals surface area contributed by atoms with Crippen molar-refractivity contribution in [1.82, 2.24) is 0 Å². The second-order valence-corrected chi connectivity index (χ2v) is 12.0. The molecule has 1 aromatic carbocycles. The highest BCUT2D eigenvalue weighted by Crippen LogP contribution is 2.38. The van der Waals surface area contributed by atoms with Gasteiger partial charge in [0, 0.05) is 5.92 Å². The van der Waals surface area contributed by atoms with Gasteiger partial charge in [-0.1, -0.05) is 57.2 Å². The van der Waals surface area contributed by atoms with Crippen LogP contribution >= 0.6 is 0 Å². The average molecular weight is 307 g/mol. The normalized spacial score (nSPS) is 17.1. The van der Waals surface area contributed by atoms with Crippen LogP contribution in [-0.4, -0.2) is 25.6 Å². The third-order valence-electron chi connectivity index (χ3n) is 4.57. The number of benzene rings is 1. The minimum Gasteiger partial charge on any atom is -0.412 e. The van der Waals surface area contributed by atoms with Crippen molar-refractivity contribution in [3.63, 3.8) is 0 Å². The van der Waals surface area contributed by atoms with E-state index in [0.717, 1.165) is 5.56 Å². The van der Waals surface area contributed by atoms with E-state index >= 15 is 0 Å². The molecule has 0 heterocycles. The van der Waals surface area contributed by atoms with Gasteiger partial charge in [-0.15, -0.1) is 6.58 Å². The van der Waals surface area contributed by atoms with E-state index in [4.69, 9.17) is 4.43 Å². The van der Waals surface area contributed by atoms with Gasteiger partial charge in [-0.05, 0) is 30.6 Å². The van der Waals surface area contributed by atoms with Crippen LogP contribution in [-0.2, 0) is 4.43 Å². The highest BCUT2D eigenvalue weighted by molar-refractivity contribution is 6.74. The summed E-state index contributed by atoms with van der Waals surface area (Å²) in [6, 6.07) is 9.99. The van der Waals surface area contributed by atoms with Gasteiger partial charge in [0.15, 0.2) is 8.32 Å². The molecule has 0 aliphatic heterocycles. The van der Waals surface area contributed by atoms with Gasteiger partial charge < -0.3 is 9.53 Å². The fourth-order valence-corrected chi connectivity index (χ4v) is 3.57. The summed E-state index contributed by atoms with van der Waals surface area (Å²) in [6.07, 6.45) is 1.01. The number of hydrogen-bond donors (Lipinski definition) is 1. The molecule has 1 N–H and O–H groups in total. The molecule has 21 heavy (non-hydrogen) atoms. The lowest BCUT2D eigenvalue weighted by molar-refractivity contribution is 0.0299. The maximum Gasteiger partial charge on any atom is 0.192 e. The Morgan fingerprint density at radius 3 is 2.14 bits per heavy atom. The molecule has 0 unspecified atom stereocenters. The summed E-state index contributed by atoms with van der Waals surface area (Å²) in [4.78, 5) is 0. The summed E-state index contributed by atoms with van der Waals surface area (Å²) >= 11 is 0. The maximum absolute atomic E-state index is 10.7. The lowest BCUT2D eigenvalue weighted by atomic mass is 9.91. The zero-order valence-corrected chi connectivity index (χ0v) is 15.3. The zero-order valence-electron chi connectivity index (χ0n) is 14.3. The Labute approximate surface area is 131 Å². The molecule has 3 heteroatoms. The van der Waals surface area contributed by atoms with Crippen molar-refractivity contribution in [3.05, 3.63) is 48.6 Å². The molecule has 0 radical (unpaired) electrons. The fraction of sp³-hybridized carbons (Fsp3) is 0.556. The first-order valence-electron chi connectivity index (χ1n) is 7.63. The molecule has 3 atom stereocenters. The van der Waals surface area contributed by atoms with Crippen LogP contribution in [0.3, 0.4) is 0 Å². The fourth-order valence-electron chi connectivity index (χ4n) is 2.15. The standard InChI is InChI=1S/C18H30O2Si/c1-8-16(15-12-10-9-11-13-15)17(19)14(2)20-21(6,7)18(3,4)5/h8-14,16-17,19H,1H2,2-7H3/t14-,16+,17+/m1/s1. The van der Waals surface area contributed by atoms with Gasteiger partial charge in [0.1, 0.15) is 0 Å². The van der Waals surface area contributed by atoms with Crippen LogP contribution in [0, 0.1) is 0 Å². The molecule has 0 fully saturated rings. The molecular formula is C18H30O2Si. The Morgan fingerprint density at radius 2 is 1.71 bits per heavy atom. The summed E-state index contributed by atoms with van der Waals surface area (Å²) < 4.78 is 6.31. The molecule has 118 valence electrons. The van der Waals surface area contributed by atoms with Crippen LogP contribution in [0.25, 0.3) is 0 Å². The van der Waals surface area contributed by atoms with E-state index in [0.29, 0.717) is 0 Å². The lowest BCUT2D eigenvalue weighted by Gasteiger charge is -2.40. The van der Waals surface area contributed by atoms with Crippen molar-refractivity contribution in [2.24, 2.45) is 0 Å². The van der Waals surface area contributed by atoms with Gasteiger partial charge >= 0.3 is 0 Å². The quantitative estimate of drug-likeness (QED) is 0.608. The van der Waals surface area contributed by atoms with Crippen molar-refractivity contribution in [1.29, 1.82) is 0 Å². The van der Waals surface area contributed by atoms with Crippen LogP contribution in [0.4, 0.5) is 0 Å². The lowest BCUT2D eigenvalue weighted by Crippen LogP contribution is -2.47. The highest BCUT2D eigenvalue weighted by atomic mass is 28.4. The smallest absolute Gasteiger partial charge is 0.192 e. The van der Waals surface area contributed by atoms with Gasteiger partial charge in [0.2, 0.25) is 0 Å². The topological polar surface area (TPSA) is 29.5 Å². The first kappa shape index (κ1) is 18.1. The Balaban J connectivity index is 2.86. The minimum absolute atomic E-state index is 0.106. The second kappa shape index (κ2) is 6.90. The maximum atomic E-state index is 10.7. The Bertz CT molecular complexity index is 448. The predicted molar refractivity (Wildman–Crippen MR) is 93.1 cm³/mol. The summed E-state index contributed by atoms with van der Waals surface area (Å²) in [5, 5.41) is 10.8. The van der Waals surface area contributed by atoms with E-state index < -0.39 is 14.4 Å².